The molecule has 0 aliphatic rings. The summed E-state index contributed by atoms with van der Waals surface area (Å²) in [6.07, 6.45) is 2.64. The molecule has 0 aliphatic heterocycles. The number of ether oxygens (including phenoxy) is 1. The van der Waals surface area contributed by atoms with Gasteiger partial charge in [-0.3, -0.25) is 0 Å². The highest BCUT2D eigenvalue weighted by molar-refractivity contribution is 6.99. The zero-order valence-corrected chi connectivity index (χ0v) is 6.02. The van der Waals surface area contributed by atoms with E-state index < -0.39 is 0 Å². The van der Waals surface area contributed by atoms with Gasteiger partial charge in [0, 0.05) is 0 Å². The molecule has 1 heterocycles. The minimum Gasteiger partial charge on any atom is -0.476 e. The molecule has 0 saturated heterocycles. The lowest BCUT2D eigenvalue weighted by molar-refractivity contribution is 0.308. The van der Waals surface area contributed by atoms with Gasteiger partial charge in [-0.15, -0.1) is 4.37 Å². The predicted molar refractivity (Wildman–Crippen MR) is 35.7 cm³/mol. The van der Waals surface area contributed by atoms with Crippen LogP contribution in [0.15, 0.2) is 6.20 Å². The van der Waals surface area contributed by atoms with E-state index in [1.807, 2.05) is 0 Å². The van der Waals surface area contributed by atoms with Crippen molar-refractivity contribution in [1.29, 1.82) is 0 Å². The summed E-state index contributed by atoms with van der Waals surface area (Å²) in [7, 11) is 0. The molecule has 0 amide bonds. The lowest BCUT2D eigenvalue weighted by Gasteiger charge is -1.95. The van der Waals surface area contributed by atoms with Crippen LogP contribution < -0.4 is 4.74 Å². The van der Waals surface area contributed by atoms with E-state index in [1.165, 1.54) is 11.7 Å². The zero-order chi connectivity index (χ0) is 6.53. The summed E-state index contributed by atoms with van der Waals surface area (Å²) >= 11 is 1.17. The topological polar surface area (TPSA) is 35.0 Å². The summed E-state index contributed by atoms with van der Waals surface area (Å²) in [6.45, 7) is 2.78. The SMILES string of the molecule is CCCOc1cnsn1. The maximum Gasteiger partial charge on any atom is 0.245 e. The molecule has 0 bridgehead atoms. The first-order chi connectivity index (χ1) is 4.43. The summed E-state index contributed by atoms with van der Waals surface area (Å²) < 4.78 is 12.8. The van der Waals surface area contributed by atoms with Crippen LogP contribution in [0.25, 0.3) is 0 Å². The second-order valence-electron chi connectivity index (χ2n) is 1.59. The Labute approximate surface area is 58.0 Å². The smallest absolute Gasteiger partial charge is 0.245 e. The van der Waals surface area contributed by atoms with Gasteiger partial charge in [0.15, 0.2) is 0 Å². The van der Waals surface area contributed by atoms with Crippen LogP contribution in [0.1, 0.15) is 13.3 Å². The van der Waals surface area contributed by atoms with Crippen LogP contribution in [-0.2, 0) is 0 Å². The number of nitrogens with zero attached hydrogens (tertiary/aromatic N) is 2. The third-order valence-corrected chi connectivity index (χ3v) is 1.26. The first-order valence-electron chi connectivity index (χ1n) is 2.84. The quantitative estimate of drug-likeness (QED) is 0.641. The van der Waals surface area contributed by atoms with Gasteiger partial charge in [-0.1, -0.05) is 6.92 Å². The van der Waals surface area contributed by atoms with Crippen molar-refractivity contribution >= 4 is 11.7 Å². The maximum absolute atomic E-state index is 5.13. The van der Waals surface area contributed by atoms with Gasteiger partial charge in [-0.25, -0.2) is 0 Å². The molecular weight excluding hydrogens is 136 g/mol. The van der Waals surface area contributed by atoms with E-state index in [0.29, 0.717) is 5.88 Å². The van der Waals surface area contributed by atoms with Crippen LogP contribution in [-0.4, -0.2) is 15.4 Å². The molecule has 0 fully saturated rings. The fourth-order valence-corrected chi connectivity index (χ4v) is 0.791. The molecule has 50 valence electrons. The van der Waals surface area contributed by atoms with Crippen molar-refractivity contribution in [1.82, 2.24) is 8.75 Å². The lowest BCUT2D eigenvalue weighted by atomic mass is 10.5. The van der Waals surface area contributed by atoms with E-state index in [9.17, 15) is 0 Å². The molecule has 0 spiro atoms. The van der Waals surface area contributed by atoms with E-state index in [0.717, 1.165) is 13.0 Å². The number of rotatable bonds is 3. The molecule has 4 heteroatoms. The van der Waals surface area contributed by atoms with Crippen molar-refractivity contribution in [3.8, 4) is 5.88 Å². The molecule has 1 rings (SSSR count). The Morgan fingerprint density at radius 2 is 2.67 bits per heavy atom. The van der Waals surface area contributed by atoms with Gasteiger partial charge in [-0.2, -0.15) is 4.37 Å². The molecule has 1 aromatic rings. The molecule has 0 aliphatic carbocycles. The zero-order valence-electron chi connectivity index (χ0n) is 5.20. The van der Waals surface area contributed by atoms with Gasteiger partial charge in [0.2, 0.25) is 5.88 Å². The third kappa shape index (κ3) is 1.97. The van der Waals surface area contributed by atoms with E-state index in [4.69, 9.17) is 4.74 Å². The van der Waals surface area contributed by atoms with Gasteiger partial charge in [0.25, 0.3) is 0 Å². The van der Waals surface area contributed by atoms with E-state index in [1.54, 1.807) is 6.20 Å². The molecule has 0 N–H and O–H groups in total. The molecule has 0 aromatic carbocycles. The number of hydrogen-bond acceptors (Lipinski definition) is 4. The van der Waals surface area contributed by atoms with Gasteiger partial charge in [0.1, 0.15) is 6.20 Å². The summed E-state index contributed by atoms with van der Waals surface area (Å²) in [5, 5.41) is 0. The van der Waals surface area contributed by atoms with Crippen molar-refractivity contribution < 1.29 is 4.74 Å². The van der Waals surface area contributed by atoms with Crippen molar-refractivity contribution in [2.24, 2.45) is 0 Å². The maximum atomic E-state index is 5.13. The predicted octanol–water partition coefficient (Wildman–Crippen LogP) is 1.33. The summed E-state index contributed by atoms with van der Waals surface area (Å²) in [6, 6.07) is 0. The highest BCUT2D eigenvalue weighted by Crippen LogP contribution is 2.04. The molecule has 3 nitrogen and oxygen atoms in total. The molecule has 0 unspecified atom stereocenters. The molecule has 0 saturated carbocycles. The minimum absolute atomic E-state index is 0.641. The van der Waals surface area contributed by atoms with Crippen molar-refractivity contribution in [2.45, 2.75) is 13.3 Å². The van der Waals surface area contributed by atoms with Gasteiger partial charge in [-0.05, 0) is 6.42 Å². The summed E-state index contributed by atoms with van der Waals surface area (Å²) in [5.74, 6) is 0.641. The number of aromatic nitrogens is 2. The molecular formula is C5H8N2OS. The Morgan fingerprint density at radius 1 is 1.78 bits per heavy atom. The first kappa shape index (κ1) is 6.48. The molecule has 1 aromatic heterocycles. The van der Waals surface area contributed by atoms with Crippen LogP contribution in [0.3, 0.4) is 0 Å². The van der Waals surface area contributed by atoms with Gasteiger partial charge in [0.05, 0.1) is 18.3 Å². The van der Waals surface area contributed by atoms with Crippen molar-refractivity contribution in [3.63, 3.8) is 0 Å². The second-order valence-corrected chi connectivity index (χ2v) is 2.15. The first-order valence-corrected chi connectivity index (χ1v) is 3.57. The second kappa shape index (κ2) is 3.40. The third-order valence-electron chi connectivity index (χ3n) is 0.795. The van der Waals surface area contributed by atoms with Crippen molar-refractivity contribution in [3.05, 3.63) is 6.20 Å². The standard InChI is InChI=1S/C5H8N2OS/c1-2-3-8-5-4-6-9-7-5/h4H,2-3H2,1H3. The minimum atomic E-state index is 0.641. The Balaban J connectivity index is 2.30. The Hall–Kier alpha value is -0.640. The Kier molecular flexibility index (Phi) is 2.45. The van der Waals surface area contributed by atoms with Crippen molar-refractivity contribution in [2.75, 3.05) is 6.61 Å². The summed E-state index contributed by atoms with van der Waals surface area (Å²) in [4.78, 5) is 0. The average Bonchev–Trinajstić information content (AvgIpc) is 2.34. The van der Waals surface area contributed by atoms with E-state index in [2.05, 4.69) is 15.7 Å². The van der Waals surface area contributed by atoms with E-state index in [-0.39, 0.29) is 0 Å². The molecule has 0 radical (unpaired) electrons. The van der Waals surface area contributed by atoms with Gasteiger partial charge >= 0.3 is 0 Å². The highest BCUT2D eigenvalue weighted by Gasteiger charge is 1.92. The van der Waals surface area contributed by atoms with Crippen LogP contribution in [0.4, 0.5) is 0 Å². The fraction of sp³-hybridized carbons (Fsp3) is 0.600. The largest absolute Gasteiger partial charge is 0.476 e. The fourth-order valence-electron chi connectivity index (χ4n) is 0.426. The number of hydrogen-bond donors (Lipinski definition) is 0. The van der Waals surface area contributed by atoms with E-state index >= 15 is 0 Å². The van der Waals surface area contributed by atoms with Crippen LogP contribution in [0, 0.1) is 0 Å². The monoisotopic (exact) mass is 144 g/mol. The Bertz CT molecular complexity index is 152. The highest BCUT2D eigenvalue weighted by atomic mass is 32.1. The summed E-state index contributed by atoms with van der Waals surface area (Å²) in [5.41, 5.74) is 0. The van der Waals surface area contributed by atoms with Gasteiger partial charge < -0.3 is 4.74 Å². The normalized spacial score (nSPS) is 9.44. The Morgan fingerprint density at radius 3 is 3.22 bits per heavy atom. The molecule has 9 heavy (non-hydrogen) atoms. The van der Waals surface area contributed by atoms with Crippen LogP contribution in [0.5, 0.6) is 5.88 Å². The average molecular weight is 144 g/mol. The molecule has 0 atom stereocenters. The van der Waals surface area contributed by atoms with Crippen LogP contribution in [0.2, 0.25) is 0 Å². The van der Waals surface area contributed by atoms with Crippen LogP contribution >= 0.6 is 11.7 Å². The lowest BCUT2D eigenvalue weighted by Crippen LogP contribution is -1.93.